The van der Waals surface area contributed by atoms with Gasteiger partial charge in [-0.25, -0.2) is 0 Å². The lowest BCUT2D eigenvalue weighted by Crippen LogP contribution is -2.55. The molecule has 4 nitrogen and oxygen atoms in total. The van der Waals surface area contributed by atoms with Crippen LogP contribution < -0.4 is 4.74 Å². The Bertz CT molecular complexity index is 1180. The molecule has 5 atom stereocenters. The van der Waals surface area contributed by atoms with Crippen LogP contribution in [-0.2, 0) is 4.74 Å². The first-order valence-corrected chi connectivity index (χ1v) is 11.7. The maximum Gasteiger partial charge on any atom is 0.119 e. The van der Waals surface area contributed by atoms with Crippen LogP contribution in [0.2, 0.25) is 0 Å². The number of pyridine rings is 1. The fraction of sp³-hybridized carbons (Fsp3) is 0.345. The normalized spacial score (nSPS) is 24.6. The summed E-state index contributed by atoms with van der Waals surface area (Å²) < 4.78 is 12.1. The highest BCUT2D eigenvalue weighted by Crippen LogP contribution is 2.43. The molecule has 1 aromatic heterocycles. The molecule has 4 heterocycles. The average molecular weight is 439 g/mol. The summed E-state index contributed by atoms with van der Waals surface area (Å²) >= 11 is 0. The monoisotopic (exact) mass is 438 g/mol. The summed E-state index contributed by atoms with van der Waals surface area (Å²) in [6.07, 6.45) is 6.29. The van der Waals surface area contributed by atoms with Gasteiger partial charge in [-0.3, -0.25) is 9.88 Å². The van der Waals surface area contributed by atoms with E-state index in [-0.39, 0.29) is 6.10 Å². The molecule has 3 aliphatic rings. The topological polar surface area (TPSA) is 34.6 Å². The summed E-state index contributed by atoms with van der Waals surface area (Å²) in [5.41, 5.74) is 3.12. The van der Waals surface area contributed by atoms with Gasteiger partial charge in [0.15, 0.2) is 0 Å². The lowest BCUT2D eigenvalue weighted by Gasteiger charge is -2.51. The van der Waals surface area contributed by atoms with Crippen molar-refractivity contribution in [3.05, 3.63) is 84.6 Å². The Hall–Kier alpha value is -3.13. The van der Waals surface area contributed by atoms with Crippen LogP contribution in [-0.4, -0.2) is 42.7 Å². The molecule has 3 aliphatic heterocycles. The standard InChI is InChI=1S/C29H30N2O2/c1-3-22-20-31-16-14-23(22)18-28(31)29(33-17-7-10-21-8-5-4-6-9-21)25-13-15-30-27-12-11-24(32-2)19-26(25)27/h3-6,8-9,11-13,15,19,22-23,28-29H,1,14,16-18,20H2,2H3/t22-,23?,28-,29+/m1/s1. The van der Waals surface area contributed by atoms with Crippen LogP contribution in [0.4, 0.5) is 0 Å². The second-order valence-electron chi connectivity index (χ2n) is 8.93. The zero-order valence-corrected chi connectivity index (χ0v) is 19.1. The lowest BCUT2D eigenvalue weighted by molar-refractivity contribution is -0.0673. The number of fused-ring (bicyclic) bond motifs is 4. The van der Waals surface area contributed by atoms with E-state index in [0.29, 0.717) is 24.5 Å². The highest BCUT2D eigenvalue weighted by Gasteiger charge is 2.43. The molecule has 6 rings (SSSR count). The van der Waals surface area contributed by atoms with E-state index in [1.165, 1.54) is 6.42 Å². The van der Waals surface area contributed by atoms with Crippen LogP contribution in [0.5, 0.6) is 5.75 Å². The fourth-order valence-electron chi connectivity index (χ4n) is 5.41. The Labute approximate surface area is 196 Å². The van der Waals surface area contributed by atoms with Crippen molar-refractivity contribution < 1.29 is 9.47 Å². The first kappa shape index (κ1) is 21.7. The van der Waals surface area contributed by atoms with Crippen LogP contribution in [0, 0.1) is 23.7 Å². The van der Waals surface area contributed by atoms with Crippen molar-refractivity contribution in [1.82, 2.24) is 9.88 Å². The Balaban J connectivity index is 1.48. The summed E-state index contributed by atoms with van der Waals surface area (Å²) in [5.74, 6) is 8.52. The van der Waals surface area contributed by atoms with E-state index in [1.807, 2.05) is 48.7 Å². The van der Waals surface area contributed by atoms with E-state index in [4.69, 9.17) is 9.47 Å². The molecular formula is C29H30N2O2. The summed E-state index contributed by atoms with van der Waals surface area (Å²) in [6.45, 7) is 6.63. The number of hydrogen-bond acceptors (Lipinski definition) is 4. The van der Waals surface area contributed by atoms with Crippen LogP contribution in [0.3, 0.4) is 0 Å². The van der Waals surface area contributed by atoms with E-state index in [0.717, 1.165) is 47.3 Å². The molecule has 0 aliphatic carbocycles. The first-order valence-electron chi connectivity index (χ1n) is 11.7. The molecule has 33 heavy (non-hydrogen) atoms. The third-order valence-electron chi connectivity index (χ3n) is 7.13. The van der Waals surface area contributed by atoms with Crippen molar-refractivity contribution in [2.24, 2.45) is 11.8 Å². The zero-order chi connectivity index (χ0) is 22.6. The second-order valence-corrected chi connectivity index (χ2v) is 8.93. The quantitative estimate of drug-likeness (QED) is 0.389. The van der Waals surface area contributed by atoms with Crippen molar-refractivity contribution in [2.45, 2.75) is 25.0 Å². The number of benzene rings is 2. The average Bonchev–Trinajstić information content (AvgIpc) is 2.89. The highest BCUT2D eigenvalue weighted by atomic mass is 16.5. The van der Waals surface area contributed by atoms with Crippen LogP contribution in [0.25, 0.3) is 10.9 Å². The van der Waals surface area contributed by atoms with Gasteiger partial charge >= 0.3 is 0 Å². The van der Waals surface area contributed by atoms with Crippen LogP contribution in [0.1, 0.15) is 30.1 Å². The van der Waals surface area contributed by atoms with Gasteiger partial charge in [0, 0.05) is 29.7 Å². The molecule has 3 fully saturated rings. The van der Waals surface area contributed by atoms with Crippen molar-refractivity contribution in [1.29, 1.82) is 0 Å². The predicted molar refractivity (Wildman–Crippen MR) is 132 cm³/mol. The van der Waals surface area contributed by atoms with Gasteiger partial charge in [0.25, 0.3) is 0 Å². The smallest absolute Gasteiger partial charge is 0.119 e. The van der Waals surface area contributed by atoms with Crippen LogP contribution in [0.15, 0.2) is 73.4 Å². The maximum absolute atomic E-state index is 6.58. The van der Waals surface area contributed by atoms with Gasteiger partial charge in [-0.2, -0.15) is 0 Å². The fourth-order valence-corrected chi connectivity index (χ4v) is 5.41. The number of hydrogen-bond donors (Lipinski definition) is 0. The summed E-state index contributed by atoms with van der Waals surface area (Å²) in [6, 6.07) is 18.5. The van der Waals surface area contributed by atoms with Gasteiger partial charge in [0.2, 0.25) is 0 Å². The molecule has 0 amide bonds. The Morgan fingerprint density at radius 1 is 1.21 bits per heavy atom. The third kappa shape index (κ3) is 4.53. The molecule has 2 unspecified atom stereocenters. The predicted octanol–water partition coefficient (Wildman–Crippen LogP) is 5.25. The van der Waals surface area contributed by atoms with Gasteiger partial charge in [-0.05, 0) is 73.2 Å². The summed E-state index contributed by atoms with van der Waals surface area (Å²) in [5, 5.41) is 1.08. The molecule has 0 N–H and O–H groups in total. The summed E-state index contributed by atoms with van der Waals surface area (Å²) in [7, 11) is 1.70. The lowest BCUT2D eigenvalue weighted by atomic mass is 9.73. The number of methoxy groups -OCH3 is 1. The zero-order valence-electron chi connectivity index (χ0n) is 19.1. The van der Waals surface area contributed by atoms with Crippen molar-refractivity contribution in [3.8, 4) is 17.6 Å². The van der Waals surface area contributed by atoms with Gasteiger partial charge in [0.05, 0.1) is 18.7 Å². The number of aromatic nitrogens is 1. The van der Waals surface area contributed by atoms with Gasteiger partial charge < -0.3 is 9.47 Å². The molecular weight excluding hydrogens is 408 g/mol. The highest BCUT2D eigenvalue weighted by molar-refractivity contribution is 5.84. The minimum Gasteiger partial charge on any atom is -0.497 e. The SMILES string of the molecule is C=C[C@@H]1CN2CCC1C[C@@H]2[C@@H](OCC#Cc1ccccc1)c1ccnc2ccc(OC)cc12. The van der Waals surface area contributed by atoms with Gasteiger partial charge in [0.1, 0.15) is 12.4 Å². The molecule has 0 saturated carbocycles. The maximum atomic E-state index is 6.58. The van der Waals surface area contributed by atoms with Gasteiger partial charge in [-0.15, -0.1) is 6.58 Å². The molecule has 2 bridgehead atoms. The molecule has 168 valence electrons. The Morgan fingerprint density at radius 3 is 2.85 bits per heavy atom. The van der Waals surface area contributed by atoms with Crippen molar-refractivity contribution >= 4 is 10.9 Å². The van der Waals surface area contributed by atoms with E-state index in [9.17, 15) is 0 Å². The summed E-state index contributed by atoms with van der Waals surface area (Å²) in [4.78, 5) is 7.18. The Morgan fingerprint density at radius 2 is 2.09 bits per heavy atom. The van der Waals surface area contributed by atoms with E-state index in [1.54, 1.807) is 7.11 Å². The molecule has 0 radical (unpaired) electrons. The van der Waals surface area contributed by atoms with Crippen molar-refractivity contribution in [2.75, 3.05) is 26.8 Å². The molecule has 2 aromatic carbocycles. The van der Waals surface area contributed by atoms with Gasteiger partial charge in [-0.1, -0.05) is 36.1 Å². The van der Waals surface area contributed by atoms with E-state index < -0.39 is 0 Å². The first-order chi connectivity index (χ1) is 16.3. The minimum atomic E-state index is -0.0822. The van der Waals surface area contributed by atoms with Crippen molar-refractivity contribution in [3.63, 3.8) is 0 Å². The van der Waals surface area contributed by atoms with E-state index >= 15 is 0 Å². The molecule has 4 heteroatoms. The molecule has 3 aromatic rings. The largest absolute Gasteiger partial charge is 0.497 e. The van der Waals surface area contributed by atoms with Crippen LogP contribution >= 0.6 is 0 Å². The number of ether oxygens (including phenoxy) is 2. The molecule has 3 saturated heterocycles. The third-order valence-corrected chi connectivity index (χ3v) is 7.13. The minimum absolute atomic E-state index is 0.0822. The molecule has 0 spiro atoms. The number of rotatable bonds is 6. The Kier molecular flexibility index (Phi) is 6.44. The number of piperidine rings is 3. The van der Waals surface area contributed by atoms with E-state index in [2.05, 4.69) is 46.5 Å². The number of nitrogens with zero attached hydrogens (tertiary/aromatic N) is 2. The second kappa shape index (κ2) is 9.79.